The number of aromatic nitrogens is 2. The molecular formula is C23H26N2O. The molecule has 3 aromatic rings. The molecule has 2 aromatic carbocycles. The fourth-order valence-corrected chi connectivity index (χ4v) is 3.09. The van der Waals surface area contributed by atoms with Gasteiger partial charge in [0.2, 0.25) is 0 Å². The van der Waals surface area contributed by atoms with Crippen LogP contribution >= 0.6 is 0 Å². The third-order valence-corrected chi connectivity index (χ3v) is 4.96. The van der Waals surface area contributed by atoms with E-state index in [-0.39, 0.29) is 17.1 Å². The lowest BCUT2D eigenvalue weighted by molar-refractivity contribution is -0.120. The van der Waals surface area contributed by atoms with Crippen molar-refractivity contribution in [3.8, 4) is 0 Å². The first-order valence-corrected chi connectivity index (χ1v) is 9.17. The largest absolute Gasteiger partial charge is 0.299 e. The number of hydrogen-bond donors (Lipinski definition) is 0. The lowest BCUT2D eigenvalue weighted by atomic mass is 9.86. The molecule has 0 aliphatic rings. The van der Waals surface area contributed by atoms with E-state index >= 15 is 0 Å². The molecule has 1 unspecified atom stereocenters. The minimum Gasteiger partial charge on any atom is -0.299 e. The summed E-state index contributed by atoms with van der Waals surface area (Å²) in [6.07, 6.45) is 4.69. The second-order valence-corrected chi connectivity index (χ2v) is 7.94. The van der Waals surface area contributed by atoms with E-state index in [0.29, 0.717) is 6.42 Å². The number of Topliss-reactive ketones (excluding diaryl/α,β-unsaturated/α-hetero) is 1. The molecule has 3 rings (SSSR count). The Kier molecular flexibility index (Phi) is 5.17. The predicted molar refractivity (Wildman–Crippen MR) is 106 cm³/mol. The molecule has 0 aliphatic heterocycles. The van der Waals surface area contributed by atoms with Gasteiger partial charge in [-0.25, -0.2) is 0 Å². The third kappa shape index (κ3) is 4.16. The molecule has 1 heterocycles. The molecule has 1 aromatic heterocycles. The van der Waals surface area contributed by atoms with E-state index in [1.165, 1.54) is 11.1 Å². The molecule has 0 fully saturated rings. The van der Waals surface area contributed by atoms with Gasteiger partial charge in [-0.2, -0.15) is 0 Å². The second-order valence-electron chi connectivity index (χ2n) is 7.94. The van der Waals surface area contributed by atoms with E-state index in [2.05, 4.69) is 55.0 Å². The zero-order valence-electron chi connectivity index (χ0n) is 16.0. The summed E-state index contributed by atoms with van der Waals surface area (Å²) >= 11 is 0. The van der Waals surface area contributed by atoms with Gasteiger partial charge in [-0.05, 0) is 40.7 Å². The maximum absolute atomic E-state index is 12.6. The number of carbonyl (C=O) groups excluding carboxylic acids is 1. The summed E-state index contributed by atoms with van der Waals surface area (Å²) in [5, 5.41) is 0. The molecule has 3 nitrogen and oxygen atoms in total. The van der Waals surface area contributed by atoms with Crippen LogP contribution in [-0.2, 0) is 16.6 Å². The molecule has 0 aliphatic carbocycles. The van der Waals surface area contributed by atoms with Gasteiger partial charge >= 0.3 is 0 Å². The lowest BCUT2D eigenvalue weighted by Crippen LogP contribution is -2.12. The monoisotopic (exact) mass is 346 g/mol. The highest BCUT2D eigenvalue weighted by Gasteiger charge is 2.17. The molecular weight excluding hydrogens is 320 g/mol. The van der Waals surface area contributed by atoms with E-state index in [1.807, 2.05) is 25.1 Å². The Morgan fingerprint density at radius 2 is 1.62 bits per heavy atom. The van der Waals surface area contributed by atoms with Crippen molar-refractivity contribution in [2.24, 2.45) is 0 Å². The van der Waals surface area contributed by atoms with E-state index in [4.69, 9.17) is 0 Å². The summed E-state index contributed by atoms with van der Waals surface area (Å²) in [5.74, 6) is 0.128. The van der Waals surface area contributed by atoms with Gasteiger partial charge in [0.25, 0.3) is 0 Å². The molecule has 26 heavy (non-hydrogen) atoms. The van der Waals surface area contributed by atoms with Crippen molar-refractivity contribution in [3.05, 3.63) is 71.5 Å². The van der Waals surface area contributed by atoms with E-state index in [1.54, 1.807) is 12.4 Å². The van der Waals surface area contributed by atoms with Gasteiger partial charge in [-0.3, -0.25) is 14.8 Å². The second kappa shape index (κ2) is 7.36. The summed E-state index contributed by atoms with van der Waals surface area (Å²) < 4.78 is 0. The molecule has 0 N–H and O–H groups in total. The average Bonchev–Trinajstić information content (AvgIpc) is 2.64. The quantitative estimate of drug-likeness (QED) is 0.635. The van der Waals surface area contributed by atoms with Crippen LogP contribution in [0.4, 0.5) is 0 Å². The minimum absolute atomic E-state index is 0.129. The maximum atomic E-state index is 12.6. The van der Waals surface area contributed by atoms with Gasteiger partial charge in [-0.15, -0.1) is 0 Å². The van der Waals surface area contributed by atoms with Gasteiger partial charge in [-0.1, -0.05) is 58.0 Å². The van der Waals surface area contributed by atoms with Crippen LogP contribution < -0.4 is 0 Å². The normalized spacial score (nSPS) is 12.9. The Bertz CT molecular complexity index is 907. The first-order valence-electron chi connectivity index (χ1n) is 9.17. The van der Waals surface area contributed by atoms with Gasteiger partial charge in [0.05, 0.1) is 11.0 Å². The highest BCUT2D eigenvalue weighted by atomic mass is 16.1. The van der Waals surface area contributed by atoms with E-state index in [9.17, 15) is 4.79 Å². The van der Waals surface area contributed by atoms with Crippen molar-refractivity contribution in [1.29, 1.82) is 0 Å². The topological polar surface area (TPSA) is 42.9 Å². The Morgan fingerprint density at radius 3 is 2.27 bits per heavy atom. The number of carbonyl (C=O) groups is 1. The zero-order chi connectivity index (χ0) is 18.7. The van der Waals surface area contributed by atoms with Gasteiger partial charge in [0, 0.05) is 24.7 Å². The first kappa shape index (κ1) is 18.2. The van der Waals surface area contributed by atoms with E-state index < -0.39 is 0 Å². The first-order chi connectivity index (χ1) is 12.3. The molecule has 0 radical (unpaired) electrons. The number of hydrogen-bond acceptors (Lipinski definition) is 3. The summed E-state index contributed by atoms with van der Waals surface area (Å²) in [5.41, 5.74) is 5.38. The molecule has 0 saturated carbocycles. The van der Waals surface area contributed by atoms with Crippen LogP contribution in [0.15, 0.2) is 54.9 Å². The van der Waals surface area contributed by atoms with Gasteiger partial charge < -0.3 is 0 Å². The van der Waals surface area contributed by atoms with Crippen molar-refractivity contribution >= 4 is 16.8 Å². The van der Waals surface area contributed by atoms with Crippen LogP contribution in [0.1, 0.15) is 56.7 Å². The van der Waals surface area contributed by atoms with E-state index in [0.717, 1.165) is 23.0 Å². The maximum Gasteiger partial charge on any atom is 0.140 e. The highest BCUT2D eigenvalue weighted by molar-refractivity contribution is 5.87. The summed E-state index contributed by atoms with van der Waals surface area (Å²) in [6.45, 7) is 8.60. The SMILES string of the molecule is CC(C(=O)CCc1ccc(C(C)(C)C)cc1)c1ccc2nccnc2c1. The molecule has 0 spiro atoms. The molecule has 3 heteroatoms. The number of ketones is 1. The fourth-order valence-electron chi connectivity index (χ4n) is 3.09. The molecule has 1 atom stereocenters. The Labute approximate surface area is 155 Å². The summed E-state index contributed by atoms with van der Waals surface area (Å²) in [7, 11) is 0. The minimum atomic E-state index is -0.129. The zero-order valence-corrected chi connectivity index (χ0v) is 16.0. The van der Waals surface area contributed by atoms with Crippen LogP contribution in [0, 0.1) is 0 Å². The molecule has 0 amide bonds. The number of rotatable bonds is 5. The van der Waals surface area contributed by atoms with Crippen LogP contribution in [0.25, 0.3) is 11.0 Å². The molecule has 0 saturated heterocycles. The third-order valence-electron chi connectivity index (χ3n) is 4.96. The number of aryl methyl sites for hydroxylation is 1. The lowest BCUT2D eigenvalue weighted by Gasteiger charge is -2.19. The number of benzene rings is 2. The van der Waals surface area contributed by atoms with Crippen LogP contribution in [0.2, 0.25) is 0 Å². The van der Waals surface area contributed by atoms with Crippen molar-refractivity contribution in [3.63, 3.8) is 0 Å². The van der Waals surface area contributed by atoms with Crippen LogP contribution in [0.3, 0.4) is 0 Å². The predicted octanol–water partition coefficient (Wildman–Crippen LogP) is 5.23. The number of fused-ring (bicyclic) bond motifs is 1. The average molecular weight is 346 g/mol. The molecule has 134 valence electrons. The highest BCUT2D eigenvalue weighted by Crippen LogP contribution is 2.24. The smallest absolute Gasteiger partial charge is 0.140 e. The number of nitrogens with zero attached hydrogens (tertiary/aromatic N) is 2. The van der Waals surface area contributed by atoms with Gasteiger partial charge in [0.1, 0.15) is 5.78 Å². The summed E-state index contributed by atoms with van der Waals surface area (Å²) in [4.78, 5) is 21.3. The van der Waals surface area contributed by atoms with Crippen LogP contribution in [-0.4, -0.2) is 15.8 Å². The summed E-state index contributed by atoms with van der Waals surface area (Å²) in [6, 6.07) is 14.5. The van der Waals surface area contributed by atoms with Crippen molar-refractivity contribution in [2.75, 3.05) is 0 Å². The standard InChI is InChI=1S/C23H26N2O/c1-16(18-8-11-20-21(15-18)25-14-13-24-20)22(26)12-7-17-5-9-19(10-6-17)23(2,3)4/h5-6,8-11,13-16H,7,12H2,1-4H3. The van der Waals surface area contributed by atoms with Crippen molar-refractivity contribution in [2.45, 2.75) is 51.9 Å². The van der Waals surface area contributed by atoms with Crippen molar-refractivity contribution in [1.82, 2.24) is 9.97 Å². The Balaban J connectivity index is 1.65. The van der Waals surface area contributed by atoms with Crippen molar-refractivity contribution < 1.29 is 4.79 Å². The van der Waals surface area contributed by atoms with Crippen LogP contribution in [0.5, 0.6) is 0 Å². The van der Waals surface area contributed by atoms with Gasteiger partial charge in [0.15, 0.2) is 0 Å². The Hall–Kier alpha value is -2.55. The molecule has 0 bridgehead atoms. The Morgan fingerprint density at radius 1 is 0.962 bits per heavy atom. The fraction of sp³-hybridized carbons (Fsp3) is 0.348.